The van der Waals surface area contributed by atoms with E-state index in [1.165, 1.54) is 6.08 Å². The molecule has 4 aromatic rings. The highest BCUT2D eigenvalue weighted by atomic mass is 16.2. The molecule has 0 bridgehead atoms. The second-order valence-corrected chi connectivity index (χ2v) is 6.36. The third kappa shape index (κ3) is 2.16. The van der Waals surface area contributed by atoms with Gasteiger partial charge in [-0.15, -0.1) is 0 Å². The summed E-state index contributed by atoms with van der Waals surface area (Å²) in [5, 5.41) is 2.06. The fraction of sp³-hybridized carbons (Fsp3) is 0. The maximum atomic E-state index is 12.7. The molecule has 5 rings (SSSR count). The smallest absolute Gasteiger partial charge is 0.235 e. The quantitative estimate of drug-likeness (QED) is 0.423. The summed E-state index contributed by atoms with van der Waals surface area (Å²) in [6, 6.07) is 19.7. The minimum Gasteiger partial charge on any atom is -0.355 e. The van der Waals surface area contributed by atoms with Crippen LogP contribution in [0, 0.1) is 0 Å². The second kappa shape index (κ2) is 5.43. The Kier molecular flexibility index (Phi) is 3.06. The molecule has 0 saturated carbocycles. The predicted molar refractivity (Wildman–Crippen MR) is 103 cm³/mol. The zero-order chi connectivity index (χ0) is 17.7. The molecule has 0 amide bonds. The van der Waals surface area contributed by atoms with Crippen LogP contribution in [-0.2, 0) is 9.59 Å². The van der Waals surface area contributed by atoms with Gasteiger partial charge in [-0.3, -0.25) is 9.59 Å². The Morgan fingerprint density at radius 1 is 0.654 bits per heavy atom. The third-order valence-electron chi connectivity index (χ3n) is 4.74. The van der Waals surface area contributed by atoms with Crippen LogP contribution in [0.3, 0.4) is 0 Å². The van der Waals surface area contributed by atoms with Gasteiger partial charge in [0.1, 0.15) is 0 Å². The molecular formula is C22H14N2O2. The van der Waals surface area contributed by atoms with E-state index in [2.05, 4.69) is 9.97 Å². The first-order chi connectivity index (χ1) is 12.7. The first-order valence-corrected chi connectivity index (χ1v) is 8.38. The molecule has 0 fully saturated rings. The summed E-state index contributed by atoms with van der Waals surface area (Å²) in [6.45, 7) is 0. The van der Waals surface area contributed by atoms with Gasteiger partial charge >= 0.3 is 0 Å². The summed E-state index contributed by atoms with van der Waals surface area (Å²) in [7, 11) is 0. The number of aromatic amines is 2. The molecule has 26 heavy (non-hydrogen) atoms. The van der Waals surface area contributed by atoms with Gasteiger partial charge < -0.3 is 9.97 Å². The van der Waals surface area contributed by atoms with E-state index in [1.54, 1.807) is 6.08 Å². The fourth-order valence-electron chi connectivity index (χ4n) is 3.48. The van der Waals surface area contributed by atoms with Gasteiger partial charge in [-0.05, 0) is 36.4 Å². The van der Waals surface area contributed by atoms with Crippen molar-refractivity contribution in [1.29, 1.82) is 0 Å². The first kappa shape index (κ1) is 14.7. The van der Waals surface area contributed by atoms with Crippen molar-refractivity contribution in [3.05, 3.63) is 84.2 Å². The van der Waals surface area contributed by atoms with Gasteiger partial charge in [0, 0.05) is 33.1 Å². The number of hydrogen-bond donors (Lipinski definition) is 2. The Balaban J connectivity index is 1.78. The lowest BCUT2D eigenvalue weighted by atomic mass is 9.91. The second-order valence-electron chi connectivity index (χ2n) is 6.36. The number of carbonyl (C=O) groups is 2. The molecule has 1 aliphatic rings. The van der Waals surface area contributed by atoms with Crippen LogP contribution in [0.15, 0.2) is 72.8 Å². The molecule has 4 nitrogen and oxygen atoms in total. The molecule has 0 atom stereocenters. The molecule has 0 aliphatic heterocycles. The van der Waals surface area contributed by atoms with E-state index in [9.17, 15) is 9.59 Å². The Hall–Kier alpha value is -3.66. The molecule has 0 saturated heterocycles. The van der Waals surface area contributed by atoms with Crippen LogP contribution < -0.4 is 0 Å². The standard InChI is InChI=1S/C22H14N2O2/c25-20-10-9-15(18-11-13-5-1-3-7-16(13)23-18)21(22(20)26)19-12-14-6-2-4-8-17(14)24-19/h1-12,23-24H. The number of H-pyrrole nitrogens is 2. The Bertz CT molecular complexity index is 1200. The van der Waals surface area contributed by atoms with Crippen LogP contribution in [0.5, 0.6) is 0 Å². The monoisotopic (exact) mass is 338 g/mol. The van der Waals surface area contributed by atoms with Crippen LogP contribution in [0.2, 0.25) is 0 Å². The fourth-order valence-corrected chi connectivity index (χ4v) is 3.48. The van der Waals surface area contributed by atoms with E-state index in [-0.39, 0.29) is 0 Å². The highest BCUT2D eigenvalue weighted by molar-refractivity contribution is 6.60. The summed E-state index contributed by atoms with van der Waals surface area (Å²) in [6.07, 6.45) is 3.06. The molecule has 124 valence electrons. The van der Waals surface area contributed by atoms with Crippen LogP contribution in [0.25, 0.3) is 33.0 Å². The zero-order valence-electron chi connectivity index (χ0n) is 13.7. The van der Waals surface area contributed by atoms with Crippen molar-refractivity contribution in [3.63, 3.8) is 0 Å². The van der Waals surface area contributed by atoms with E-state index in [0.717, 1.165) is 33.1 Å². The molecule has 2 heterocycles. The number of benzene rings is 2. The topological polar surface area (TPSA) is 65.7 Å². The maximum Gasteiger partial charge on any atom is 0.235 e. The number of para-hydroxylation sites is 2. The summed E-state index contributed by atoms with van der Waals surface area (Å²) in [5.74, 6) is -0.994. The number of aromatic nitrogens is 2. The van der Waals surface area contributed by atoms with Gasteiger partial charge in [0.05, 0.1) is 11.3 Å². The van der Waals surface area contributed by atoms with E-state index in [0.29, 0.717) is 11.3 Å². The van der Waals surface area contributed by atoms with Crippen molar-refractivity contribution in [2.45, 2.75) is 0 Å². The number of Topliss-reactive ketones (excluding diaryl/α,β-unsaturated/α-hetero) is 1. The summed E-state index contributed by atoms with van der Waals surface area (Å²) < 4.78 is 0. The molecule has 2 N–H and O–H groups in total. The molecule has 0 spiro atoms. The minimum atomic E-state index is -0.501. The number of fused-ring (bicyclic) bond motifs is 2. The van der Waals surface area contributed by atoms with Crippen molar-refractivity contribution in [2.75, 3.05) is 0 Å². The molecular weight excluding hydrogens is 324 g/mol. The van der Waals surface area contributed by atoms with E-state index < -0.39 is 11.6 Å². The normalized spacial score (nSPS) is 14.8. The first-order valence-electron chi connectivity index (χ1n) is 8.38. The Labute approximate surface area is 148 Å². The lowest BCUT2D eigenvalue weighted by molar-refractivity contribution is -0.130. The SMILES string of the molecule is O=C1C=CC(c2cc3ccccc3[nH]2)=C(c2cc3ccccc3[nH]2)C1=O. The number of rotatable bonds is 2. The van der Waals surface area contributed by atoms with Crippen molar-refractivity contribution in [2.24, 2.45) is 0 Å². The van der Waals surface area contributed by atoms with Crippen LogP contribution >= 0.6 is 0 Å². The van der Waals surface area contributed by atoms with Gasteiger partial charge in [0.15, 0.2) is 0 Å². The highest BCUT2D eigenvalue weighted by Crippen LogP contribution is 2.33. The Morgan fingerprint density at radius 3 is 1.88 bits per heavy atom. The van der Waals surface area contributed by atoms with Crippen molar-refractivity contribution in [3.8, 4) is 0 Å². The van der Waals surface area contributed by atoms with Crippen LogP contribution in [0.1, 0.15) is 11.4 Å². The summed E-state index contributed by atoms with van der Waals surface area (Å²) in [5.41, 5.74) is 4.52. The molecule has 1 aliphatic carbocycles. The maximum absolute atomic E-state index is 12.7. The number of allylic oxidation sites excluding steroid dienone is 4. The largest absolute Gasteiger partial charge is 0.355 e. The van der Waals surface area contributed by atoms with E-state index >= 15 is 0 Å². The van der Waals surface area contributed by atoms with Crippen molar-refractivity contribution in [1.82, 2.24) is 9.97 Å². The van der Waals surface area contributed by atoms with Gasteiger partial charge in [-0.2, -0.15) is 0 Å². The van der Waals surface area contributed by atoms with Crippen LogP contribution in [0.4, 0.5) is 0 Å². The van der Waals surface area contributed by atoms with Gasteiger partial charge in [0.2, 0.25) is 11.6 Å². The zero-order valence-corrected chi connectivity index (χ0v) is 13.7. The van der Waals surface area contributed by atoms with E-state index in [4.69, 9.17) is 0 Å². The summed E-state index contributed by atoms with van der Waals surface area (Å²) >= 11 is 0. The average Bonchev–Trinajstić information content (AvgIpc) is 3.27. The summed E-state index contributed by atoms with van der Waals surface area (Å²) in [4.78, 5) is 31.4. The average molecular weight is 338 g/mol. The van der Waals surface area contributed by atoms with Crippen LogP contribution in [-0.4, -0.2) is 21.5 Å². The van der Waals surface area contributed by atoms with Gasteiger partial charge in [-0.25, -0.2) is 0 Å². The predicted octanol–water partition coefficient (Wildman–Crippen LogP) is 4.27. The lowest BCUT2D eigenvalue weighted by Gasteiger charge is -2.12. The molecule has 0 radical (unpaired) electrons. The number of carbonyl (C=O) groups excluding carboxylic acids is 2. The van der Waals surface area contributed by atoms with Crippen molar-refractivity contribution < 1.29 is 9.59 Å². The third-order valence-corrected chi connectivity index (χ3v) is 4.74. The van der Waals surface area contributed by atoms with Gasteiger partial charge in [-0.1, -0.05) is 36.4 Å². The number of hydrogen-bond acceptors (Lipinski definition) is 2. The molecule has 2 aromatic carbocycles. The molecule has 4 heteroatoms. The van der Waals surface area contributed by atoms with Crippen molar-refractivity contribution >= 4 is 44.5 Å². The number of nitrogens with one attached hydrogen (secondary N) is 2. The molecule has 2 aromatic heterocycles. The Morgan fingerprint density at radius 2 is 1.23 bits per heavy atom. The van der Waals surface area contributed by atoms with E-state index in [1.807, 2.05) is 60.7 Å². The number of ketones is 2. The molecule has 0 unspecified atom stereocenters. The lowest BCUT2D eigenvalue weighted by Crippen LogP contribution is -2.18. The van der Waals surface area contributed by atoms with Gasteiger partial charge in [0.25, 0.3) is 0 Å². The highest BCUT2D eigenvalue weighted by Gasteiger charge is 2.27. The minimum absolute atomic E-state index is 0.403.